The highest BCUT2D eigenvalue weighted by Gasteiger charge is 2.10. The van der Waals surface area contributed by atoms with E-state index in [0.29, 0.717) is 17.1 Å². The van der Waals surface area contributed by atoms with Crippen LogP contribution in [-0.2, 0) is 4.79 Å². The molecule has 0 bridgehead atoms. The van der Waals surface area contributed by atoms with E-state index in [1.165, 1.54) is 11.2 Å². The summed E-state index contributed by atoms with van der Waals surface area (Å²) in [5.41, 5.74) is 1.11. The van der Waals surface area contributed by atoms with Gasteiger partial charge in [0.25, 0.3) is 17.1 Å². The van der Waals surface area contributed by atoms with Crippen LogP contribution in [0.15, 0.2) is 76.2 Å². The van der Waals surface area contributed by atoms with Crippen molar-refractivity contribution in [2.45, 2.75) is 4.90 Å². The van der Waals surface area contributed by atoms with Crippen LogP contribution in [-0.4, -0.2) is 42.7 Å². The smallest absolute Gasteiger partial charge is 0.291 e. The second kappa shape index (κ2) is 10.4. The van der Waals surface area contributed by atoms with Crippen LogP contribution >= 0.6 is 11.8 Å². The number of benzene rings is 2. The van der Waals surface area contributed by atoms with E-state index in [4.69, 9.17) is 9.15 Å². The Hall–Kier alpha value is -3.72. The first-order valence-electron chi connectivity index (χ1n) is 9.27. The summed E-state index contributed by atoms with van der Waals surface area (Å²) >= 11 is 1.11. The first-order valence-corrected chi connectivity index (χ1v) is 10.1. The third kappa shape index (κ3) is 6.65. The first kappa shape index (κ1) is 22.0. The van der Waals surface area contributed by atoms with Crippen LogP contribution in [0.3, 0.4) is 0 Å². The van der Waals surface area contributed by atoms with Gasteiger partial charge in [0.1, 0.15) is 5.75 Å². The molecule has 0 radical (unpaired) electrons. The molecule has 0 aliphatic carbocycles. The molecule has 0 unspecified atom stereocenters. The minimum atomic E-state index is -0.381. The number of hydrogen-bond donors (Lipinski definition) is 2. The van der Waals surface area contributed by atoms with Gasteiger partial charge in [-0.25, -0.2) is 0 Å². The third-order valence-corrected chi connectivity index (χ3v) is 4.96. The number of amides is 3. The third-order valence-electron chi connectivity index (χ3n) is 3.92. The fourth-order valence-corrected chi connectivity index (χ4v) is 3.06. The average Bonchev–Trinajstić information content (AvgIpc) is 3.29. The van der Waals surface area contributed by atoms with Crippen molar-refractivity contribution >= 4 is 40.2 Å². The lowest BCUT2D eigenvalue weighted by atomic mass is 10.3. The molecule has 160 valence electrons. The number of hydrogen-bond acceptors (Lipinski definition) is 6. The van der Waals surface area contributed by atoms with Gasteiger partial charge in [0.2, 0.25) is 0 Å². The highest BCUT2D eigenvalue weighted by Crippen LogP contribution is 2.22. The van der Waals surface area contributed by atoms with E-state index in [9.17, 15) is 14.4 Å². The maximum Gasteiger partial charge on any atom is 0.291 e. The Morgan fingerprint density at radius 2 is 1.74 bits per heavy atom. The molecule has 0 atom stereocenters. The Kier molecular flexibility index (Phi) is 7.34. The number of thioether (sulfide) groups is 1. The molecule has 1 heterocycles. The standard InChI is InChI=1S/C22H21N3O5S/c1-25(2)22(28)31-18-10-8-15(9-11-18)23-20(26)14-30-17-6-3-5-16(13-17)24-21(27)19-7-4-12-29-19/h3-13H,14H2,1-2H3,(H,23,26)(H,24,27). The van der Waals surface area contributed by atoms with Crippen molar-refractivity contribution in [3.63, 3.8) is 0 Å². The van der Waals surface area contributed by atoms with Gasteiger partial charge in [-0.1, -0.05) is 6.07 Å². The lowest BCUT2D eigenvalue weighted by Gasteiger charge is -2.11. The molecular formula is C22H21N3O5S. The van der Waals surface area contributed by atoms with Gasteiger partial charge in [-0.05, 0) is 60.3 Å². The van der Waals surface area contributed by atoms with Crippen LogP contribution in [0.25, 0.3) is 0 Å². The Bertz CT molecular complexity index is 1050. The summed E-state index contributed by atoms with van der Waals surface area (Å²) in [4.78, 5) is 38.2. The maximum atomic E-state index is 12.2. The summed E-state index contributed by atoms with van der Waals surface area (Å²) in [6.45, 7) is -0.203. The number of rotatable bonds is 7. The Labute approximate surface area is 183 Å². The zero-order valence-electron chi connectivity index (χ0n) is 17.0. The van der Waals surface area contributed by atoms with Gasteiger partial charge in [-0.3, -0.25) is 14.4 Å². The van der Waals surface area contributed by atoms with Gasteiger partial charge in [0, 0.05) is 36.4 Å². The lowest BCUT2D eigenvalue weighted by molar-refractivity contribution is -0.118. The Balaban J connectivity index is 1.49. The number of nitrogens with zero attached hydrogens (tertiary/aromatic N) is 1. The van der Waals surface area contributed by atoms with Crippen molar-refractivity contribution in [3.8, 4) is 5.75 Å². The zero-order valence-corrected chi connectivity index (χ0v) is 17.8. The monoisotopic (exact) mass is 439 g/mol. The van der Waals surface area contributed by atoms with Crippen LogP contribution in [0.1, 0.15) is 10.6 Å². The van der Waals surface area contributed by atoms with E-state index >= 15 is 0 Å². The molecule has 3 aromatic rings. The first-order chi connectivity index (χ1) is 14.9. The minimum absolute atomic E-state index is 0.0761. The molecule has 8 nitrogen and oxygen atoms in total. The fraction of sp³-hybridized carbons (Fsp3) is 0.136. The number of anilines is 2. The van der Waals surface area contributed by atoms with Crippen LogP contribution in [0.5, 0.6) is 5.75 Å². The van der Waals surface area contributed by atoms with Gasteiger partial charge < -0.3 is 24.7 Å². The normalized spacial score (nSPS) is 10.3. The number of furan rings is 1. The lowest BCUT2D eigenvalue weighted by Crippen LogP contribution is -2.20. The molecule has 0 aliphatic rings. The van der Waals surface area contributed by atoms with Crippen LogP contribution in [0, 0.1) is 0 Å². The summed E-state index contributed by atoms with van der Waals surface area (Å²) in [5.74, 6) is -0.0916. The molecule has 2 aromatic carbocycles. The second-order valence-electron chi connectivity index (χ2n) is 6.58. The average molecular weight is 439 g/mol. The van der Waals surface area contributed by atoms with Crippen molar-refractivity contribution in [2.24, 2.45) is 0 Å². The number of carbonyl (C=O) groups is 3. The highest BCUT2D eigenvalue weighted by molar-refractivity contribution is 8.13. The molecule has 3 amide bonds. The Morgan fingerprint density at radius 3 is 2.42 bits per heavy atom. The Morgan fingerprint density at radius 1 is 0.968 bits per heavy atom. The van der Waals surface area contributed by atoms with Crippen molar-refractivity contribution in [1.29, 1.82) is 0 Å². The molecule has 0 aliphatic heterocycles. The van der Waals surface area contributed by atoms with Gasteiger partial charge >= 0.3 is 0 Å². The van der Waals surface area contributed by atoms with Crippen molar-refractivity contribution < 1.29 is 23.5 Å². The van der Waals surface area contributed by atoms with Gasteiger partial charge in [-0.2, -0.15) is 0 Å². The fourth-order valence-electron chi connectivity index (χ4n) is 2.41. The molecular weight excluding hydrogens is 418 g/mol. The van der Waals surface area contributed by atoms with E-state index in [-0.39, 0.29) is 29.4 Å². The quantitative estimate of drug-likeness (QED) is 0.532. The molecule has 0 fully saturated rings. The number of ether oxygens (including phenoxy) is 1. The number of nitrogens with one attached hydrogen (secondary N) is 2. The summed E-state index contributed by atoms with van der Waals surface area (Å²) in [7, 11) is 3.37. The molecule has 3 rings (SSSR count). The maximum absolute atomic E-state index is 12.2. The summed E-state index contributed by atoms with van der Waals surface area (Å²) in [6, 6.07) is 16.8. The van der Waals surface area contributed by atoms with E-state index < -0.39 is 0 Å². The molecule has 0 saturated heterocycles. The van der Waals surface area contributed by atoms with Gasteiger partial charge in [0.15, 0.2) is 12.4 Å². The van der Waals surface area contributed by atoms with Crippen LogP contribution in [0.4, 0.5) is 16.2 Å². The molecule has 0 saturated carbocycles. The molecule has 31 heavy (non-hydrogen) atoms. The van der Waals surface area contributed by atoms with E-state index in [0.717, 1.165) is 16.7 Å². The largest absolute Gasteiger partial charge is 0.484 e. The topological polar surface area (TPSA) is 101 Å². The second-order valence-corrected chi connectivity index (χ2v) is 7.61. The van der Waals surface area contributed by atoms with Gasteiger partial charge in [0.05, 0.1) is 6.26 Å². The van der Waals surface area contributed by atoms with E-state index in [1.807, 2.05) is 0 Å². The summed E-state index contributed by atoms with van der Waals surface area (Å²) in [6.07, 6.45) is 1.42. The summed E-state index contributed by atoms with van der Waals surface area (Å²) < 4.78 is 10.6. The van der Waals surface area contributed by atoms with Crippen LogP contribution in [0.2, 0.25) is 0 Å². The predicted octanol–water partition coefficient (Wildman–Crippen LogP) is 4.32. The SMILES string of the molecule is CN(C)C(=O)Sc1ccc(NC(=O)COc2cccc(NC(=O)c3ccco3)c2)cc1. The number of carbonyl (C=O) groups excluding carboxylic acids is 3. The van der Waals surface area contributed by atoms with Gasteiger partial charge in [-0.15, -0.1) is 0 Å². The molecule has 1 aromatic heterocycles. The minimum Gasteiger partial charge on any atom is -0.484 e. The van der Waals surface area contributed by atoms with Crippen LogP contribution < -0.4 is 15.4 Å². The summed E-state index contributed by atoms with van der Waals surface area (Å²) in [5, 5.41) is 5.35. The molecule has 2 N–H and O–H groups in total. The van der Waals surface area contributed by atoms with Crippen molar-refractivity contribution in [1.82, 2.24) is 4.90 Å². The molecule has 0 spiro atoms. The highest BCUT2D eigenvalue weighted by atomic mass is 32.2. The van der Waals surface area contributed by atoms with E-state index in [1.54, 1.807) is 74.8 Å². The predicted molar refractivity (Wildman–Crippen MR) is 119 cm³/mol. The van der Waals surface area contributed by atoms with E-state index in [2.05, 4.69) is 10.6 Å². The zero-order chi connectivity index (χ0) is 22.2. The van der Waals surface area contributed by atoms with Crippen molar-refractivity contribution in [2.75, 3.05) is 31.3 Å². The molecule has 9 heteroatoms. The van der Waals surface area contributed by atoms with Crippen molar-refractivity contribution in [3.05, 3.63) is 72.7 Å².